The van der Waals surface area contributed by atoms with Gasteiger partial charge in [0.15, 0.2) is 6.04 Å². The number of halogens is 3. The topological polar surface area (TPSA) is 54.5 Å². The highest BCUT2D eigenvalue weighted by Crippen LogP contribution is 2.38. The van der Waals surface area contributed by atoms with Crippen molar-refractivity contribution in [3.63, 3.8) is 0 Å². The van der Waals surface area contributed by atoms with Gasteiger partial charge >= 0.3 is 0 Å². The normalized spacial score (nSPS) is 19.8. The first-order valence-electron chi connectivity index (χ1n) is 9.80. The minimum atomic E-state index is -0.326. The maximum absolute atomic E-state index is 6.53. The molecule has 1 aliphatic rings. The van der Waals surface area contributed by atoms with Crippen LogP contribution in [0.5, 0.6) is 0 Å². The molecule has 1 aromatic heterocycles. The van der Waals surface area contributed by atoms with Crippen molar-refractivity contribution in [3.05, 3.63) is 74.9 Å². The van der Waals surface area contributed by atoms with Gasteiger partial charge in [0.05, 0.1) is 11.1 Å². The third-order valence-corrected chi connectivity index (χ3v) is 6.17. The minimum absolute atomic E-state index is 0.0712. The highest BCUT2D eigenvalue weighted by Gasteiger charge is 2.39. The minimum Gasteiger partial charge on any atom is -0.423 e. The van der Waals surface area contributed by atoms with E-state index in [9.17, 15) is 0 Å². The van der Waals surface area contributed by atoms with E-state index >= 15 is 0 Å². The smallest absolute Gasteiger partial charge is 0.243 e. The first-order chi connectivity index (χ1) is 14.4. The second-order valence-electron chi connectivity index (χ2n) is 7.40. The van der Waals surface area contributed by atoms with E-state index in [1.54, 1.807) is 12.1 Å². The predicted octanol–water partition coefficient (Wildman–Crippen LogP) is 6.94. The van der Waals surface area contributed by atoms with Gasteiger partial charge in [-0.05, 0) is 55.8 Å². The van der Waals surface area contributed by atoms with Crippen molar-refractivity contribution in [2.24, 2.45) is 4.99 Å². The summed E-state index contributed by atoms with van der Waals surface area (Å²) in [5.41, 5.74) is 1.73. The molecule has 3 aromatic rings. The summed E-state index contributed by atoms with van der Waals surface area (Å²) in [4.78, 5) is 7.08. The lowest BCUT2D eigenvalue weighted by molar-refractivity contribution is 0.386. The number of benzene rings is 2. The predicted molar refractivity (Wildman–Crippen MR) is 122 cm³/mol. The van der Waals surface area contributed by atoms with Crippen molar-refractivity contribution in [3.8, 4) is 0 Å². The Morgan fingerprint density at radius 2 is 1.73 bits per heavy atom. The van der Waals surface area contributed by atoms with Gasteiger partial charge in [0.2, 0.25) is 11.8 Å². The molecule has 156 valence electrons. The Kier molecular flexibility index (Phi) is 6.05. The summed E-state index contributed by atoms with van der Waals surface area (Å²) in [5.74, 6) is 2.05. The van der Waals surface area contributed by atoms with Crippen molar-refractivity contribution in [2.45, 2.75) is 45.2 Å². The summed E-state index contributed by atoms with van der Waals surface area (Å²) in [6, 6.07) is 12.6. The lowest BCUT2D eigenvalue weighted by Gasteiger charge is -2.27. The van der Waals surface area contributed by atoms with E-state index in [0.717, 1.165) is 23.5 Å². The monoisotopic (exact) mass is 462 g/mol. The molecule has 0 amide bonds. The number of aliphatic imine (C=N–C) groups is 1. The van der Waals surface area contributed by atoms with Crippen molar-refractivity contribution in [1.82, 2.24) is 10.2 Å². The van der Waals surface area contributed by atoms with Crippen LogP contribution in [0.25, 0.3) is 0 Å². The van der Waals surface area contributed by atoms with Gasteiger partial charge < -0.3 is 9.32 Å². The Hall–Kier alpha value is -2.08. The zero-order valence-electron chi connectivity index (χ0n) is 16.8. The molecule has 0 radical (unpaired) electrons. The number of hydrogen-bond donors (Lipinski definition) is 0. The lowest BCUT2D eigenvalue weighted by Crippen LogP contribution is -2.36. The molecule has 1 aliphatic heterocycles. The Labute approximate surface area is 190 Å². The van der Waals surface area contributed by atoms with E-state index in [1.165, 1.54) is 0 Å². The SMILES string of the molecule is CCC(C)c1nnc(C2N=C(c3ccc(Cl)cc3Cl)N(c3ccc(Cl)cc3)C2C)o1. The van der Waals surface area contributed by atoms with Crippen molar-refractivity contribution in [2.75, 3.05) is 4.90 Å². The largest absolute Gasteiger partial charge is 0.423 e. The van der Waals surface area contributed by atoms with E-state index in [4.69, 9.17) is 44.2 Å². The molecule has 0 spiro atoms. The van der Waals surface area contributed by atoms with Crippen LogP contribution >= 0.6 is 34.8 Å². The number of anilines is 1. The molecule has 0 bridgehead atoms. The van der Waals surface area contributed by atoms with E-state index in [0.29, 0.717) is 26.8 Å². The second kappa shape index (κ2) is 8.58. The Bertz CT molecular complexity index is 1080. The molecule has 2 heterocycles. The molecule has 0 saturated carbocycles. The van der Waals surface area contributed by atoms with Crippen LogP contribution in [-0.4, -0.2) is 22.1 Å². The summed E-state index contributed by atoms with van der Waals surface area (Å²) in [6.07, 6.45) is 0.924. The zero-order valence-corrected chi connectivity index (χ0v) is 19.1. The van der Waals surface area contributed by atoms with Gasteiger partial charge in [-0.3, -0.25) is 4.99 Å². The highest BCUT2D eigenvalue weighted by molar-refractivity contribution is 6.37. The van der Waals surface area contributed by atoms with Crippen molar-refractivity contribution < 1.29 is 4.42 Å². The van der Waals surface area contributed by atoms with Gasteiger partial charge in [0.25, 0.3) is 0 Å². The third kappa shape index (κ3) is 3.94. The fourth-order valence-corrected chi connectivity index (χ4v) is 4.09. The number of aromatic nitrogens is 2. The molecule has 5 nitrogen and oxygen atoms in total. The van der Waals surface area contributed by atoms with Crippen molar-refractivity contribution >= 4 is 46.3 Å². The van der Waals surface area contributed by atoms with Gasteiger partial charge in [-0.25, -0.2) is 0 Å². The van der Waals surface area contributed by atoms with Gasteiger partial charge in [0, 0.05) is 27.2 Å². The van der Waals surface area contributed by atoms with Crippen LogP contribution in [0.15, 0.2) is 51.9 Å². The van der Waals surface area contributed by atoms with Crippen LogP contribution in [0.2, 0.25) is 15.1 Å². The molecule has 3 unspecified atom stereocenters. The Morgan fingerprint density at radius 1 is 1.03 bits per heavy atom. The van der Waals surface area contributed by atoms with Crippen LogP contribution in [0.4, 0.5) is 5.69 Å². The maximum atomic E-state index is 6.53. The molecule has 0 fully saturated rings. The van der Waals surface area contributed by atoms with Crippen LogP contribution in [0.3, 0.4) is 0 Å². The molecule has 0 aliphatic carbocycles. The van der Waals surface area contributed by atoms with Gasteiger partial charge in [0.1, 0.15) is 5.84 Å². The molecule has 3 atom stereocenters. The van der Waals surface area contributed by atoms with Crippen LogP contribution in [-0.2, 0) is 0 Å². The fourth-order valence-electron chi connectivity index (χ4n) is 3.47. The Balaban J connectivity index is 1.80. The molecular formula is C22H21Cl3N4O. The number of amidine groups is 1. The van der Waals surface area contributed by atoms with Crippen LogP contribution < -0.4 is 4.90 Å². The summed E-state index contributed by atoms with van der Waals surface area (Å²) < 4.78 is 6.00. The average molecular weight is 464 g/mol. The summed E-state index contributed by atoms with van der Waals surface area (Å²) >= 11 is 18.7. The molecule has 2 aromatic carbocycles. The summed E-state index contributed by atoms with van der Waals surface area (Å²) in [7, 11) is 0. The van der Waals surface area contributed by atoms with E-state index in [1.807, 2.05) is 30.3 Å². The first kappa shape index (κ1) is 21.2. The van der Waals surface area contributed by atoms with E-state index < -0.39 is 0 Å². The summed E-state index contributed by atoms with van der Waals surface area (Å²) in [5, 5.41) is 10.3. The van der Waals surface area contributed by atoms with E-state index in [2.05, 4.69) is 35.9 Å². The molecule has 8 heteroatoms. The van der Waals surface area contributed by atoms with Gasteiger partial charge in [-0.2, -0.15) is 0 Å². The lowest BCUT2D eigenvalue weighted by atomic mass is 10.1. The van der Waals surface area contributed by atoms with E-state index in [-0.39, 0.29) is 18.0 Å². The van der Waals surface area contributed by atoms with Gasteiger partial charge in [-0.15, -0.1) is 10.2 Å². The molecule has 4 rings (SSSR count). The third-order valence-electron chi connectivity index (χ3n) is 5.37. The molecule has 0 N–H and O–H groups in total. The number of hydrogen-bond acceptors (Lipinski definition) is 5. The first-order valence-corrected chi connectivity index (χ1v) is 10.9. The molecule has 0 saturated heterocycles. The standard InChI is InChI=1S/C22H21Cl3N4O/c1-4-12(2)21-27-28-22(30-21)19-13(3)29(16-8-5-14(23)6-9-16)20(26-19)17-10-7-15(24)11-18(17)25/h5-13,19H,4H2,1-3H3. The van der Waals surface area contributed by atoms with Crippen molar-refractivity contribution in [1.29, 1.82) is 0 Å². The Morgan fingerprint density at radius 3 is 2.40 bits per heavy atom. The fraction of sp³-hybridized carbons (Fsp3) is 0.318. The summed E-state index contributed by atoms with van der Waals surface area (Å²) in [6.45, 7) is 6.23. The quantitative estimate of drug-likeness (QED) is 0.411. The zero-order chi connectivity index (χ0) is 21.4. The van der Waals surface area contributed by atoms with Crippen LogP contribution in [0, 0.1) is 0 Å². The van der Waals surface area contributed by atoms with Crippen LogP contribution in [0.1, 0.15) is 56.5 Å². The second-order valence-corrected chi connectivity index (χ2v) is 8.68. The highest BCUT2D eigenvalue weighted by atomic mass is 35.5. The average Bonchev–Trinajstić information content (AvgIpc) is 3.33. The maximum Gasteiger partial charge on any atom is 0.243 e. The number of nitrogens with zero attached hydrogens (tertiary/aromatic N) is 4. The molecule has 30 heavy (non-hydrogen) atoms. The molecular weight excluding hydrogens is 443 g/mol. The number of rotatable bonds is 5. The van der Waals surface area contributed by atoms with Gasteiger partial charge in [-0.1, -0.05) is 48.7 Å².